The van der Waals surface area contributed by atoms with Crippen LogP contribution in [0.4, 0.5) is 4.79 Å². The van der Waals surface area contributed by atoms with E-state index in [0.29, 0.717) is 12.3 Å². The molecule has 0 aromatic heterocycles. The van der Waals surface area contributed by atoms with Crippen molar-refractivity contribution < 1.29 is 19.4 Å². The minimum Gasteiger partial charge on any atom is -0.481 e. The van der Waals surface area contributed by atoms with Crippen molar-refractivity contribution in [3.63, 3.8) is 0 Å². The van der Waals surface area contributed by atoms with Crippen LogP contribution < -0.4 is 5.32 Å². The number of amides is 1. The Morgan fingerprint density at radius 3 is 2.19 bits per heavy atom. The van der Waals surface area contributed by atoms with E-state index in [2.05, 4.69) is 29.6 Å². The van der Waals surface area contributed by atoms with Gasteiger partial charge in [-0.1, -0.05) is 48.5 Å². The van der Waals surface area contributed by atoms with Crippen molar-refractivity contribution in [2.24, 2.45) is 17.8 Å². The maximum absolute atomic E-state index is 12.3. The Bertz CT molecular complexity index is 879. The van der Waals surface area contributed by atoms with Crippen LogP contribution in [0.5, 0.6) is 0 Å². The number of carboxylic acid groups (broad SMARTS) is 1. The highest BCUT2D eigenvalue weighted by atomic mass is 16.5. The van der Waals surface area contributed by atoms with E-state index in [1.807, 2.05) is 24.3 Å². The van der Waals surface area contributed by atoms with E-state index in [9.17, 15) is 14.7 Å². The molecule has 0 saturated heterocycles. The minimum absolute atomic E-state index is 0.0344. The van der Waals surface area contributed by atoms with Gasteiger partial charge in [0.15, 0.2) is 0 Å². The molecular weight excluding hydrogens is 342 g/mol. The van der Waals surface area contributed by atoms with Crippen LogP contribution in [0.2, 0.25) is 0 Å². The Balaban J connectivity index is 1.26. The number of hydrogen-bond donors (Lipinski definition) is 2. The molecule has 27 heavy (non-hydrogen) atoms. The van der Waals surface area contributed by atoms with E-state index in [-0.39, 0.29) is 30.4 Å². The highest BCUT2D eigenvalue weighted by Gasteiger charge is 2.57. The summed E-state index contributed by atoms with van der Waals surface area (Å²) in [5.74, 6) is -0.520. The highest BCUT2D eigenvalue weighted by Crippen LogP contribution is 2.55. The van der Waals surface area contributed by atoms with Crippen molar-refractivity contribution in [1.82, 2.24) is 5.32 Å². The molecule has 0 aliphatic heterocycles. The Kier molecular flexibility index (Phi) is 3.71. The monoisotopic (exact) mass is 363 g/mol. The van der Waals surface area contributed by atoms with E-state index in [1.165, 1.54) is 22.3 Å². The molecule has 5 rings (SSSR count). The molecule has 0 radical (unpaired) electrons. The second kappa shape index (κ2) is 6.12. The van der Waals surface area contributed by atoms with Crippen molar-refractivity contribution in [3.05, 3.63) is 59.7 Å². The molecule has 0 spiro atoms. The summed E-state index contributed by atoms with van der Waals surface area (Å²) in [4.78, 5) is 23.6. The predicted molar refractivity (Wildman–Crippen MR) is 99.3 cm³/mol. The first-order valence-electron chi connectivity index (χ1n) is 9.48. The number of benzene rings is 2. The fourth-order valence-electron chi connectivity index (χ4n) is 5.03. The summed E-state index contributed by atoms with van der Waals surface area (Å²) in [5, 5.41) is 12.2. The number of nitrogens with one attached hydrogen (secondary N) is 1. The molecule has 3 aliphatic rings. The first-order chi connectivity index (χ1) is 13.1. The van der Waals surface area contributed by atoms with Crippen molar-refractivity contribution in [3.8, 4) is 11.1 Å². The van der Waals surface area contributed by atoms with Crippen LogP contribution in [0, 0.1) is 17.8 Å². The Labute approximate surface area is 157 Å². The maximum atomic E-state index is 12.3. The van der Waals surface area contributed by atoms with Gasteiger partial charge in [-0.3, -0.25) is 4.79 Å². The number of alkyl carbamates (subject to hydrolysis) is 1. The summed E-state index contributed by atoms with van der Waals surface area (Å²) in [6, 6.07) is 16.4. The Morgan fingerprint density at radius 2 is 1.59 bits per heavy atom. The first-order valence-corrected chi connectivity index (χ1v) is 9.48. The lowest BCUT2D eigenvalue weighted by molar-refractivity contribution is -0.142. The third-order valence-corrected chi connectivity index (χ3v) is 6.40. The van der Waals surface area contributed by atoms with Crippen LogP contribution in [-0.4, -0.2) is 29.8 Å². The Morgan fingerprint density at radius 1 is 0.963 bits per heavy atom. The van der Waals surface area contributed by atoms with Gasteiger partial charge in [-0.15, -0.1) is 0 Å². The largest absolute Gasteiger partial charge is 0.481 e. The van der Waals surface area contributed by atoms with Crippen molar-refractivity contribution in [2.75, 3.05) is 6.61 Å². The topological polar surface area (TPSA) is 75.6 Å². The van der Waals surface area contributed by atoms with E-state index in [0.717, 1.165) is 6.42 Å². The van der Waals surface area contributed by atoms with Crippen LogP contribution in [0.15, 0.2) is 48.5 Å². The van der Waals surface area contributed by atoms with Gasteiger partial charge in [-0.2, -0.15) is 0 Å². The maximum Gasteiger partial charge on any atom is 0.407 e. The van der Waals surface area contributed by atoms with Gasteiger partial charge in [-0.25, -0.2) is 4.79 Å². The SMILES string of the molecule is O=C(NC1CC(C(=O)O)C2CC12)OCC1c2ccccc2-c2ccccc21. The summed E-state index contributed by atoms with van der Waals surface area (Å²) < 4.78 is 5.57. The molecule has 5 heteroatoms. The van der Waals surface area contributed by atoms with E-state index in [4.69, 9.17) is 4.74 Å². The van der Waals surface area contributed by atoms with Gasteiger partial charge in [0.2, 0.25) is 0 Å². The molecular formula is C22H21NO4. The smallest absolute Gasteiger partial charge is 0.407 e. The molecule has 3 aliphatic carbocycles. The van der Waals surface area contributed by atoms with Crippen molar-refractivity contribution in [2.45, 2.75) is 24.8 Å². The average Bonchev–Trinajstić information content (AvgIpc) is 3.29. The molecule has 0 heterocycles. The van der Waals surface area contributed by atoms with Gasteiger partial charge in [-0.05, 0) is 46.9 Å². The molecule has 2 aromatic rings. The number of carbonyl (C=O) groups excluding carboxylic acids is 1. The predicted octanol–water partition coefficient (Wildman–Crippen LogP) is 3.63. The van der Waals surface area contributed by atoms with Crippen LogP contribution in [-0.2, 0) is 9.53 Å². The molecule has 0 bridgehead atoms. The summed E-state index contributed by atoms with van der Waals surface area (Å²) >= 11 is 0. The summed E-state index contributed by atoms with van der Waals surface area (Å²) in [6.45, 7) is 0.281. The number of fused-ring (bicyclic) bond motifs is 4. The van der Waals surface area contributed by atoms with Crippen LogP contribution in [0.25, 0.3) is 11.1 Å². The lowest BCUT2D eigenvalue weighted by atomic mass is 9.98. The first kappa shape index (κ1) is 16.4. The van der Waals surface area contributed by atoms with Gasteiger partial charge in [0, 0.05) is 12.0 Å². The summed E-state index contributed by atoms with van der Waals surface area (Å²) in [5.41, 5.74) is 4.76. The molecule has 138 valence electrons. The Hall–Kier alpha value is -2.82. The van der Waals surface area contributed by atoms with Gasteiger partial charge >= 0.3 is 12.1 Å². The minimum atomic E-state index is -0.751. The molecule has 4 unspecified atom stereocenters. The summed E-state index contributed by atoms with van der Waals surface area (Å²) in [7, 11) is 0. The van der Waals surface area contributed by atoms with Crippen LogP contribution >= 0.6 is 0 Å². The molecule has 2 aromatic carbocycles. The van der Waals surface area contributed by atoms with Gasteiger partial charge < -0.3 is 15.2 Å². The normalized spacial score (nSPS) is 27.4. The fraction of sp³-hybridized carbons (Fsp3) is 0.364. The third kappa shape index (κ3) is 2.69. The standard InChI is InChI=1S/C22H21NO4/c24-21(25)18-10-20(17-9-16(17)18)23-22(26)27-11-19-14-7-3-1-5-12(14)13-6-2-4-8-15(13)19/h1-8,16-20H,9-11H2,(H,23,26)(H,24,25). The highest BCUT2D eigenvalue weighted by molar-refractivity contribution is 5.79. The van der Waals surface area contributed by atoms with Crippen LogP contribution in [0.3, 0.4) is 0 Å². The molecule has 2 N–H and O–H groups in total. The number of carbonyl (C=O) groups is 2. The second-order valence-corrected chi connectivity index (χ2v) is 7.82. The zero-order chi connectivity index (χ0) is 18.5. The molecule has 5 nitrogen and oxygen atoms in total. The zero-order valence-corrected chi connectivity index (χ0v) is 14.8. The van der Waals surface area contributed by atoms with Crippen LogP contribution in [0.1, 0.15) is 29.9 Å². The van der Waals surface area contributed by atoms with Gasteiger partial charge in [0.1, 0.15) is 6.61 Å². The lowest BCUT2D eigenvalue weighted by Crippen LogP contribution is -2.37. The van der Waals surface area contributed by atoms with Crippen molar-refractivity contribution >= 4 is 12.1 Å². The van der Waals surface area contributed by atoms with Crippen molar-refractivity contribution in [1.29, 1.82) is 0 Å². The summed E-state index contributed by atoms with van der Waals surface area (Å²) in [6.07, 6.45) is 0.957. The third-order valence-electron chi connectivity index (χ3n) is 6.40. The average molecular weight is 363 g/mol. The van der Waals surface area contributed by atoms with Gasteiger partial charge in [0.05, 0.1) is 5.92 Å². The molecule has 2 saturated carbocycles. The number of ether oxygens (including phenoxy) is 1. The number of aliphatic carboxylic acids is 1. The number of hydrogen-bond acceptors (Lipinski definition) is 3. The second-order valence-electron chi connectivity index (χ2n) is 7.82. The number of rotatable bonds is 4. The molecule has 1 amide bonds. The zero-order valence-electron chi connectivity index (χ0n) is 14.8. The van der Waals surface area contributed by atoms with E-state index >= 15 is 0 Å². The van der Waals surface area contributed by atoms with E-state index in [1.54, 1.807) is 0 Å². The fourth-order valence-corrected chi connectivity index (χ4v) is 5.03. The number of carboxylic acids is 1. The molecule has 2 fully saturated rings. The quantitative estimate of drug-likeness (QED) is 0.870. The van der Waals surface area contributed by atoms with E-state index < -0.39 is 12.1 Å². The van der Waals surface area contributed by atoms with Gasteiger partial charge in [0.25, 0.3) is 0 Å². The lowest BCUT2D eigenvalue weighted by Gasteiger charge is -2.18. The molecule has 4 atom stereocenters.